The van der Waals surface area contributed by atoms with E-state index in [0.717, 1.165) is 43.0 Å². The molecule has 1 heterocycles. The molecule has 136 valence electrons. The van der Waals surface area contributed by atoms with Crippen LogP contribution in [0.4, 0.5) is 5.82 Å². The number of aromatic nitrogens is 1. The molecule has 0 spiro atoms. The van der Waals surface area contributed by atoms with Gasteiger partial charge in [-0.05, 0) is 49.8 Å². The molecular formula is C20H21Cl2N3O. The Labute approximate surface area is 162 Å². The molecule has 2 N–H and O–H groups in total. The van der Waals surface area contributed by atoms with E-state index in [9.17, 15) is 4.79 Å². The van der Waals surface area contributed by atoms with Gasteiger partial charge in [-0.25, -0.2) is 0 Å². The van der Waals surface area contributed by atoms with Gasteiger partial charge in [-0.2, -0.15) is 0 Å². The number of anilines is 1. The highest BCUT2D eigenvalue weighted by atomic mass is 35.5. The number of H-pyrrole nitrogens is 1. The minimum Gasteiger partial charge on any atom is -0.371 e. The van der Waals surface area contributed by atoms with Crippen molar-refractivity contribution >= 4 is 39.9 Å². The summed E-state index contributed by atoms with van der Waals surface area (Å²) < 4.78 is 0. The lowest BCUT2D eigenvalue weighted by Gasteiger charge is -2.17. The number of hydrogen-bond donors (Lipinski definition) is 2. The second-order valence-electron chi connectivity index (χ2n) is 6.36. The number of halogens is 2. The van der Waals surface area contributed by atoms with Crippen molar-refractivity contribution in [2.45, 2.75) is 13.0 Å². The number of aromatic amines is 1. The number of nitrogens with zero attached hydrogens (tertiary/aromatic N) is 1. The van der Waals surface area contributed by atoms with Gasteiger partial charge in [0.1, 0.15) is 5.82 Å². The zero-order valence-corrected chi connectivity index (χ0v) is 16.1. The van der Waals surface area contributed by atoms with Crippen molar-refractivity contribution in [3.8, 4) is 0 Å². The molecule has 0 saturated carbocycles. The summed E-state index contributed by atoms with van der Waals surface area (Å²) in [4.78, 5) is 17.6. The Balaban J connectivity index is 1.49. The fourth-order valence-electron chi connectivity index (χ4n) is 2.89. The zero-order valence-electron chi connectivity index (χ0n) is 14.6. The van der Waals surface area contributed by atoms with Crippen LogP contribution in [0.5, 0.6) is 0 Å². The van der Waals surface area contributed by atoms with Crippen LogP contribution in [0.15, 0.2) is 53.3 Å². The first-order chi connectivity index (χ1) is 12.5. The summed E-state index contributed by atoms with van der Waals surface area (Å²) in [5.74, 6) is 0.751. The van der Waals surface area contributed by atoms with Gasteiger partial charge in [-0.1, -0.05) is 41.4 Å². The largest absolute Gasteiger partial charge is 0.371 e. The SMILES string of the molecule is CN(CCCNc1cc(=O)c2ccccc2[nH]1)Cc1ccc(Cl)c(Cl)c1. The minimum atomic E-state index is 0.0265. The molecular weight excluding hydrogens is 369 g/mol. The van der Waals surface area contributed by atoms with Gasteiger partial charge in [0.05, 0.1) is 15.6 Å². The molecule has 0 fully saturated rings. The third kappa shape index (κ3) is 4.79. The van der Waals surface area contributed by atoms with Gasteiger partial charge in [0.2, 0.25) is 0 Å². The second-order valence-corrected chi connectivity index (χ2v) is 7.17. The summed E-state index contributed by atoms with van der Waals surface area (Å²) in [7, 11) is 2.07. The van der Waals surface area contributed by atoms with Gasteiger partial charge < -0.3 is 15.2 Å². The molecule has 0 unspecified atom stereocenters. The molecule has 3 rings (SSSR count). The fourth-order valence-corrected chi connectivity index (χ4v) is 3.21. The van der Waals surface area contributed by atoms with E-state index in [1.165, 1.54) is 0 Å². The lowest BCUT2D eigenvalue weighted by molar-refractivity contribution is 0.325. The van der Waals surface area contributed by atoms with E-state index in [2.05, 4.69) is 22.2 Å². The van der Waals surface area contributed by atoms with Gasteiger partial charge in [0.25, 0.3) is 0 Å². The monoisotopic (exact) mass is 389 g/mol. The second kappa shape index (κ2) is 8.58. The summed E-state index contributed by atoms with van der Waals surface area (Å²) in [6, 6.07) is 14.9. The third-order valence-corrected chi connectivity index (χ3v) is 4.94. The Hall–Kier alpha value is -2.01. The summed E-state index contributed by atoms with van der Waals surface area (Å²) >= 11 is 12.0. The number of para-hydroxylation sites is 1. The predicted molar refractivity (Wildman–Crippen MR) is 110 cm³/mol. The first-order valence-corrected chi connectivity index (χ1v) is 9.27. The van der Waals surface area contributed by atoms with Gasteiger partial charge in [0, 0.05) is 24.5 Å². The normalized spacial score (nSPS) is 11.2. The molecule has 0 bridgehead atoms. The Morgan fingerprint density at radius 2 is 1.88 bits per heavy atom. The summed E-state index contributed by atoms with van der Waals surface area (Å²) in [6.45, 7) is 2.51. The maximum atomic E-state index is 12.1. The van der Waals surface area contributed by atoms with Crippen LogP contribution in [0, 0.1) is 0 Å². The van der Waals surface area contributed by atoms with Gasteiger partial charge in [-0.15, -0.1) is 0 Å². The maximum absolute atomic E-state index is 12.1. The molecule has 6 heteroatoms. The van der Waals surface area contributed by atoms with Crippen molar-refractivity contribution in [2.24, 2.45) is 0 Å². The van der Waals surface area contributed by atoms with Crippen LogP contribution < -0.4 is 10.7 Å². The quantitative estimate of drug-likeness (QED) is 0.572. The van der Waals surface area contributed by atoms with Crippen molar-refractivity contribution in [3.05, 3.63) is 74.4 Å². The fraction of sp³-hybridized carbons (Fsp3) is 0.250. The van der Waals surface area contributed by atoms with Crippen LogP contribution in [0.25, 0.3) is 10.9 Å². The molecule has 0 aliphatic rings. The van der Waals surface area contributed by atoms with Crippen LogP contribution in [0.2, 0.25) is 10.0 Å². The van der Waals surface area contributed by atoms with Crippen LogP contribution in [0.3, 0.4) is 0 Å². The standard InChI is InChI=1S/C20H21Cl2N3O/c1-25(13-14-7-8-16(21)17(22)11-14)10-4-9-23-20-12-19(26)15-5-2-3-6-18(15)24-20/h2-3,5-8,11-12H,4,9-10,13H2,1H3,(H2,23,24,26). The summed E-state index contributed by atoms with van der Waals surface area (Å²) in [6.07, 6.45) is 0.951. The Bertz CT molecular complexity index is 955. The maximum Gasteiger partial charge on any atom is 0.191 e. The first kappa shape index (κ1) is 18.8. The number of hydrogen-bond acceptors (Lipinski definition) is 3. The molecule has 2 aromatic carbocycles. The molecule has 1 aromatic heterocycles. The van der Waals surface area contributed by atoms with E-state index in [0.29, 0.717) is 15.4 Å². The molecule has 0 atom stereocenters. The molecule has 0 aliphatic heterocycles. The number of pyridine rings is 1. The highest BCUT2D eigenvalue weighted by Crippen LogP contribution is 2.23. The molecule has 0 saturated heterocycles. The lowest BCUT2D eigenvalue weighted by Crippen LogP contribution is -2.21. The highest BCUT2D eigenvalue weighted by Gasteiger charge is 2.04. The Kier molecular flexibility index (Phi) is 6.20. The molecule has 0 radical (unpaired) electrons. The average Bonchev–Trinajstić information content (AvgIpc) is 2.62. The minimum absolute atomic E-state index is 0.0265. The van der Waals surface area contributed by atoms with E-state index < -0.39 is 0 Å². The summed E-state index contributed by atoms with van der Waals surface area (Å²) in [5.41, 5.74) is 2.01. The number of benzene rings is 2. The van der Waals surface area contributed by atoms with Crippen LogP contribution >= 0.6 is 23.2 Å². The summed E-state index contributed by atoms with van der Waals surface area (Å²) in [5, 5.41) is 5.16. The number of rotatable bonds is 7. The Morgan fingerprint density at radius 1 is 1.08 bits per heavy atom. The smallest absolute Gasteiger partial charge is 0.191 e. The highest BCUT2D eigenvalue weighted by molar-refractivity contribution is 6.42. The third-order valence-electron chi connectivity index (χ3n) is 4.21. The van der Waals surface area contributed by atoms with Crippen LogP contribution in [-0.4, -0.2) is 30.0 Å². The lowest BCUT2D eigenvalue weighted by atomic mass is 10.2. The van der Waals surface area contributed by atoms with E-state index in [1.54, 1.807) is 6.07 Å². The topological polar surface area (TPSA) is 48.1 Å². The predicted octanol–water partition coefficient (Wildman–Crippen LogP) is 4.77. The Morgan fingerprint density at radius 3 is 2.69 bits per heavy atom. The van der Waals surface area contributed by atoms with Gasteiger partial charge >= 0.3 is 0 Å². The van der Waals surface area contributed by atoms with E-state index in [1.807, 2.05) is 42.5 Å². The van der Waals surface area contributed by atoms with E-state index >= 15 is 0 Å². The van der Waals surface area contributed by atoms with Crippen molar-refractivity contribution < 1.29 is 0 Å². The van der Waals surface area contributed by atoms with E-state index in [4.69, 9.17) is 23.2 Å². The van der Waals surface area contributed by atoms with E-state index in [-0.39, 0.29) is 5.43 Å². The van der Waals surface area contributed by atoms with Crippen molar-refractivity contribution in [3.63, 3.8) is 0 Å². The zero-order chi connectivity index (χ0) is 18.5. The molecule has 3 aromatic rings. The molecule has 4 nitrogen and oxygen atoms in total. The first-order valence-electron chi connectivity index (χ1n) is 8.51. The van der Waals surface area contributed by atoms with Crippen molar-refractivity contribution in [1.82, 2.24) is 9.88 Å². The van der Waals surface area contributed by atoms with Gasteiger partial charge in [0.15, 0.2) is 5.43 Å². The molecule has 0 amide bonds. The van der Waals surface area contributed by atoms with Crippen LogP contribution in [0.1, 0.15) is 12.0 Å². The molecule has 26 heavy (non-hydrogen) atoms. The number of nitrogens with one attached hydrogen (secondary N) is 2. The number of fused-ring (bicyclic) bond motifs is 1. The molecule has 0 aliphatic carbocycles. The van der Waals surface area contributed by atoms with Gasteiger partial charge in [-0.3, -0.25) is 4.79 Å². The average molecular weight is 390 g/mol. The van der Waals surface area contributed by atoms with Crippen LogP contribution in [-0.2, 0) is 6.54 Å². The van der Waals surface area contributed by atoms with Crippen molar-refractivity contribution in [1.29, 1.82) is 0 Å². The van der Waals surface area contributed by atoms with Crippen molar-refractivity contribution in [2.75, 3.05) is 25.5 Å².